The van der Waals surface area contributed by atoms with Crippen LogP contribution in [-0.2, 0) is 0 Å². The van der Waals surface area contributed by atoms with Crippen LogP contribution in [0.2, 0.25) is 0 Å². The molecule has 112 valence electrons. The summed E-state index contributed by atoms with van der Waals surface area (Å²) < 4.78 is 0. The molecule has 0 aliphatic heterocycles. The molecule has 1 fully saturated rings. The highest BCUT2D eigenvalue weighted by atomic mass is 16.3. The molecular formula is C17H33NO. The van der Waals surface area contributed by atoms with Gasteiger partial charge in [-0.3, -0.25) is 0 Å². The van der Waals surface area contributed by atoms with Crippen molar-refractivity contribution in [3.63, 3.8) is 0 Å². The Morgan fingerprint density at radius 1 is 1.26 bits per heavy atom. The van der Waals surface area contributed by atoms with Crippen molar-refractivity contribution in [2.24, 2.45) is 5.92 Å². The van der Waals surface area contributed by atoms with Gasteiger partial charge in [0, 0.05) is 5.54 Å². The standard InChI is InChI=1S/C17H33NO/c1-5-6-7-8-9-10-16(19)17(18(3)4)13-11-15(2)12-14-17/h5,15-16,19H,1,6-14H2,2-4H3. The van der Waals surface area contributed by atoms with Crippen molar-refractivity contribution in [3.8, 4) is 0 Å². The molecule has 2 heteroatoms. The van der Waals surface area contributed by atoms with E-state index in [9.17, 15) is 5.11 Å². The number of nitrogens with zero attached hydrogens (tertiary/aromatic N) is 1. The summed E-state index contributed by atoms with van der Waals surface area (Å²) >= 11 is 0. The SMILES string of the molecule is C=CCCCCCC(O)C1(N(C)C)CCC(C)CC1. The van der Waals surface area contributed by atoms with Crippen molar-refractivity contribution in [1.29, 1.82) is 0 Å². The fourth-order valence-electron chi connectivity index (χ4n) is 3.41. The normalized spacial score (nSPS) is 29.4. The zero-order chi connectivity index (χ0) is 14.3. The van der Waals surface area contributed by atoms with E-state index in [1.54, 1.807) is 0 Å². The molecule has 0 heterocycles. The predicted octanol–water partition coefficient (Wildman–Crippen LogP) is 3.99. The maximum absolute atomic E-state index is 10.7. The van der Waals surface area contributed by atoms with Crippen molar-refractivity contribution in [2.45, 2.75) is 76.4 Å². The molecule has 0 aromatic heterocycles. The Balaban J connectivity index is 2.44. The number of aliphatic hydroxyl groups excluding tert-OH is 1. The van der Waals surface area contributed by atoms with Crippen molar-refractivity contribution in [1.82, 2.24) is 4.90 Å². The van der Waals surface area contributed by atoms with Crippen LogP contribution in [0, 0.1) is 5.92 Å². The smallest absolute Gasteiger partial charge is 0.0723 e. The zero-order valence-corrected chi connectivity index (χ0v) is 13.2. The highest BCUT2D eigenvalue weighted by Crippen LogP contribution is 2.39. The lowest BCUT2D eigenvalue weighted by Gasteiger charge is -2.47. The summed E-state index contributed by atoms with van der Waals surface area (Å²) in [5, 5.41) is 10.7. The van der Waals surface area contributed by atoms with E-state index >= 15 is 0 Å². The Kier molecular flexibility index (Phi) is 7.09. The average molecular weight is 267 g/mol. The number of hydrogen-bond acceptors (Lipinski definition) is 2. The second-order valence-electron chi connectivity index (χ2n) is 6.62. The van der Waals surface area contributed by atoms with E-state index in [2.05, 4.69) is 32.5 Å². The summed E-state index contributed by atoms with van der Waals surface area (Å²) in [5.41, 5.74) is 0.0327. The molecule has 19 heavy (non-hydrogen) atoms. The minimum absolute atomic E-state index is 0.0327. The van der Waals surface area contributed by atoms with Crippen LogP contribution in [0.4, 0.5) is 0 Å². The quantitative estimate of drug-likeness (QED) is 0.531. The Hall–Kier alpha value is -0.340. The summed E-state index contributed by atoms with van der Waals surface area (Å²) in [6, 6.07) is 0. The van der Waals surface area contributed by atoms with E-state index in [0.29, 0.717) is 0 Å². The first-order valence-electron chi connectivity index (χ1n) is 7.99. The molecule has 0 aromatic carbocycles. The molecule has 0 amide bonds. The Labute approximate surface area is 119 Å². The van der Waals surface area contributed by atoms with Gasteiger partial charge in [-0.05, 0) is 65.0 Å². The molecule has 1 N–H and O–H groups in total. The van der Waals surface area contributed by atoms with Crippen LogP contribution < -0.4 is 0 Å². The largest absolute Gasteiger partial charge is 0.391 e. The van der Waals surface area contributed by atoms with Crippen LogP contribution >= 0.6 is 0 Å². The molecule has 1 aliphatic carbocycles. The van der Waals surface area contributed by atoms with Gasteiger partial charge in [-0.2, -0.15) is 0 Å². The first kappa shape index (κ1) is 16.7. The summed E-state index contributed by atoms with van der Waals surface area (Å²) in [7, 11) is 4.27. The van der Waals surface area contributed by atoms with Gasteiger partial charge in [-0.15, -0.1) is 6.58 Å². The third kappa shape index (κ3) is 4.61. The number of likely N-dealkylation sites (N-methyl/N-ethyl adjacent to an activating group) is 1. The van der Waals surface area contributed by atoms with E-state index in [0.717, 1.165) is 38.0 Å². The first-order chi connectivity index (χ1) is 9.03. The van der Waals surface area contributed by atoms with Crippen molar-refractivity contribution < 1.29 is 5.11 Å². The Morgan fingerprint density at radius 2 is 1.89 bits per heavy atom. The fourth-order valence-corrected chi connectivity index (χ4v) is 3.41. The number of rotatable bonds is 8. The second-order valence-corrected chi connectivity index (χ2v) is 6.62. The van der Waals surface area contributed by atoms with Crippen LogP contribution in [0.25, 0.3) is 0 Å². The van der Waals surface area contributed by atoms with Crippen molar-refractivity contribution >= 4 is 0 Å². The molecule has 0 bridgehead atoms. The van der Waals surface area contributed by atoms with E-state index in [1.807, 2.05) is 6.08 Å². The fraction of sp³-hybridized carbons (Fsp3) is 0.882. The molecule has 1 saturated carbocycles. The monoisotopic (exact) mass is 267 g/mol. The molecule has 1 atom stereocenters. The van der Waals surface area contributed by atoms with Gasteiger partial charge in [0.15, 0.2) is 0 Å². The van der Waals surface area contributed by atoms with E-state index in [-0.39, 0.29) is 11.6 Å². The van der Waals surface area contributed by atoms with Gasteiger partial charge < -0.3 is 10.0 Å². The van der Waals surface area contributed by atoms with Gasteiger partial charge in [0.2, 0.25) is 0 Å². The zero-order valence-electron chi connectivity index (χ0n) is 13.2. The number of allylic oxidation sites excluding steroid dienone is 1. The molecular weight excluding hydrogens is 234 g/mol. The average Bonchev–Trinajstić information content (AvgIpc) is 2.39. The Bertz CT molecular complexity index is 254. The highest BCUT2D eigenvalue weighted by Gasteiger charge is 2.41. The third-order valence-electron chi connectivity index (χ3n) is 5.04. The van der Waals surface area contributed by atoms with Crippen LogP contribution in [-0.4, -0.2) is 35.7 Å². The van der Waals surface area contributed by atoms with Crippen LogP contribution in [0.15, 0.2) is 12.7 Å². The molecule has 0 radical (unpaired) electrons. The first-order valence-corrected chi connectivity index (χ1v) is 7.99. The molecule has 2 nitrogen and oxygen atoms in total. The minimum Gasteiger partial charge on any atom is -0.391 e. The summed E-state index contributed by atoms with van der Waals surface area (Å²) in [5.74, 6) is 0.827. The summed E-state index contributed by atoms with van der Waals surface area (Å²) in [4.78, 5) is 2.29. The lowest BCUT2D eigenvalue weighted by atomic mass is 9.72. The number of aliphatic hydroxyl groups is 1. The van der Waals surface area contributed by atoms with Crippen molar-refractivity contribution in [2.75, 3.05) is 14.1 Å². The maximum Gasteiger partial charge on any atom is 0.0723 e. The third-order valence-corrected chi connectivity index (χ3v) is 5.04. The van der Waals surface area contributed by atoms with Gasteiger partial charge in [0.1, 0.15) is 0 Å². The number of hydrogen-bond donors (Lipinski definition) is 1. The number of unbranched alkanes of at least 4 members (excludes halogenated alkanes) is 3. The summed E-state index contributed by atoms with van der Waals surface area (Å²) in [6.45, 7) is 6.09. The molecule has 1 unspecified atom stereocenters. The van der Waals surface area contributed by atoms with Crippen molar-refractivity contribution in [3.05, 3.63) is 12.7 Å². The lowest BCUT2D eigenvalue weighted by molar-refractivity contribution is -0.0434. The maximum atomic E-state index is 10.7. The molecule has 0 aromatic rings. The molecule has 1 rings (SSSR count). The second kappa shape index (κ2) is 8.06. The Morgan fingerprint density at radius 3 is 2.42 bits per heavy atom. The van der Waals surface area contributed by atoms with Crippen LogP contribution in [0.1, 0.15) is 64.7 Å². The molecule has 0 spiro atoms. The summed E-state index contributed by atoms with van der Waals surface area (Å²) in [6.07, 6.45) is 12.2. The van der Waals surface area contributed by atoms with Gasteiger partial charge >= 0.3 is 0 Å². The van der Waals surface area contributed by atoms with Gasteiger partial charge in [-0.1, -0.05) is 25.8 Å². The minimum atomic E-state index is -0.168. The topological polar surface area (TPSA) is 23.5 Å². The van der Waals surface area contributed by atoms with Crippen LogP contribution in [0.3, 0.4) is 0 Å². The van der Waals surface area contributed by atoms with Gasteiger partial charge in [0.25, 0.3) is 0 Å². The van der Waals surface area contributed by atoms with Gasteiger partial charge in [0.05, 0.1) is 6.10 Å². The predicted molar refractivity (Wildman–Crippen MR) is 83.3 cm³/mol. The van der Waals surface area contributed by atoms with E-state index < -0.39 is 0 Å². The van der Waals surface area contributed by atoms with Crippen LogP contribution in [0.5, 0.6) is 0 Å². The highest BCUT2D eigenvalue weighted by molar-refractivity contribution is 4.97. The van der Waals surface area contributed by atoms with E-state index in [1.165, 1.54) is 25.7 Å². The lowest BCUT2D eigenvalue weighted by Crippen LogP contribution is -2.55. The van der Waals surface area contributed by atoms with E-state index in [4.69, 9.17) is 0 Å². The molecule has 0 saturated heterocycles. The van der Waals surface area contributed by atoms with Gasteiger partial charge in [-0.25, -0.2) is 0 Å². The molecule has 1 aliphatic rings.